The maximum absolute atomic E-state index is 12.1. The fourth-order valence-corrected chi connectivity index (χ4v) is 3.29. The summed E-state index contributed by atoms with van der Waals surface area (Å²) in [6.07, 6.45) is 4.47. The number of aliphatic hydroxyl groups is 1. The Kier molecular flexibility index (Phi) is 5.55. The number of carbonyl (C=O) groups is 1. The smallest absolute Gasteiger partial charge is 0.222 e. The summed E-state index contributed by atoms with van der Waals surface area (Å²) in [4.78, 5) is 14.3. The number of rotatable bonds is 6. The Morgan fingerprint density at radius 1 is 1.40 bits per heavy atom. The lowest BCUT2D eigenvalue weighted by molar-refractivity contribution is -0.123. The average Bonchev–Trinajstić information content (AvgIpc) is 3.21. The van der Waals surface area contributed by atoms with E-state index in [1.54, 1.807) is 0 Å². The molecule has 1 amide bonds. The zero-order valence-corrected chi connectivity index (χ0v) is 14.8. The van der Waals surface area contributed by atoms with E-state index in [1.165, 1.54) is 0 Å². The molecule has 3 heterocycles. The standard InChI is InChI=1S/C18H26N4O3/c1-13-15(14(2)25-20-13)11-22-9-5-16(17(23)12-22)19-18(24)6-10-21-7-3-4-8-21/h3-4,7-8,16-17,23H,5-6,9-12H2,1-2H3,(H,19,24)/t16-,17-/m1/s1. The molecule has 1 aliphatic rings. The van der Waals surface area contributed by atoms with Crippen molar-refractivity contribution in [2.24, 2.45) is 0 Å². The molecular weight excluding hydrogens is 320 g/mol. The number of amides is 1. The Labute approximate surface area is 147 Å². The predicted octanol–water partition coefficient (Wildman–Crippen LogP) is 1.23. The monoisotopic (exact) mass is 346 g/mol. The fourth-order valence-electron chi connectivity index (χ4n) is 3.29. The number of aliphatic hydroxyl groups excluding tert-OH is 1. The molecule has 2 N–H and O–H groups in total. The highest BCUT2D eigenvalue weighted by atomic mass is 16.5. The molecule has 1 aliphatic heterocycles. The van der Waals surface area contributed by atoms with Gasteiger partial charge in [0, 0.05) is 50.6 Å². The van der Waals surface area contributed by atoms with E-state index in [-0.39, 0.29) is 11.9 Å². The molecule has 1 saturated heterocycles. The first kappa shape index (κ1) is 17.7. The highest BCUT2D eigenvalue weighted by Gasteiger charge is 2.29. The minimum atomic E-state index is -0.565. The molecule has 0 aliphatic carbocycles. The number of aryl methyl sites for hydroxylation is 3. The molecule has 0 bridgehead atoms. The van der Waals surface area contributed by atoms with Crippen molar-refractivity contribution in [3.63, 3.8) is 0 Å². The Hall–Kier alpha value is -2.12. The van der Waals surface area contributed by atoms with Crippen LogP contribution in [0.15, 0.2) is 29.0 Å². The van der Waals surface area contributed by atoms with E-state index in [9.17, 15) is 9.90 Å². The van der Waals surface area contributed by atoms with E-state index < -0.39 is 6.10 Å². The molecule has 2 atom stereocenters. The summed E-state index contributed by atoms with van der Waals surface area (Å²) in [5, 5.41) is 17.4. The van der Waals surface area contributed by atoms with Gasteiger partial charge < -0.3 is 19.5 Å². The molecule has 0 aromatic carbocycles. The van der Waals surface area contributed by atoms with Gasteiger partial charge in [-0.2, -0.15) is 0 Å². The molecule has 0 radical (unpaired) electrons. The normalized spacial score (nSPS) is 21.4. The first-order valence-corrected chi connectivity index (χ1v) is 8.75. The van der Waals surface area contributed by atoms with E-state index in [0.29, 0.717) is 26.1 Å². The third kappa shape index (κ3) is 4.49. The van der Waals surface area contributed by atoms with Crippen LogP contribution in [0.5, 0.6) is 0 Å². The Morgan fingerprint density at radius 3 is 2.80 bits per heavy atom. The molecule has 3 rings (SSSR count). The van der Waals surface area contributed by atoms with Gasteiger partial charge >= 0.3 is 0 Å². The van der Waals surface area contributed by atoms with Crippen LogP contribution in [0.4, 0.5) is 0 Å². The number of carbonyl (C=O) groups excluding carboxylic acids is 1. The van der Waals surface area contributed by atoms with Gasteiger partial charge in [-0.25, -0.2) is 0 Å². The minimum absolute atomic E-state index is 0.0167. The number of piperidine rings is 1. The molecule has 7 nitrogen and oxygen atoms in total. The van der Waals surface area contributed by atoms with Crippen LogP contribution in [-0.2, 0) is 17.9 Å². The maximum Gasteiger partial charge on any atom is 0.222 e. The quantitative estimate of drug-likeness (QED) is 0.822. The van der Waals surface area contributed by atoms with Crippen LogP contribution in [-0.4, -0.2) is 50.9 Å². The van der Waals surface area contributed by atoms with E-state index in [0.717, 1.165) is 30.0 Å². The van der Waals surface area contributed by atoms with Crippen molar-refractivity contribution in [3.05, 3.63) is 41.5 Å². The number of hydrogen-bond donors (Lipinski definition) is 2. The van der Waals surface area contributed by atoms with Gasteiger partial charge in [0.2, 0.25) is 5.91 Å². The summed E-state index contributed by atoms with van der Waals surface area (Å²) >= 11 is 0. The summed E-state index contributed by atoms with van der Waals surface area (Å²) in [5.74, 6) is 0.810. The van der Waals surface area contributed by atoms with Crippen LogP contribution < -0.4 is 5.32 Å². The third-order valence-corrected chi connectivity index (χ3v) is 4.84. The summed E-state index contributed by atoms with van der Waals surface area (Å²) in [5.41, 5.74) is 1.98. The summed E-state index contributed by atoms with van der Waals surface area (Å²) in [7, 11) is 0. The van der Waals surface area contributed by atoms with Gasteiger partial charge in [0.1, 0.15) is 5.76 Å². The SMILES string of the molecule is Cc1noc(C)c1CN1CC[C@@H](NC(=O)CCn2cccc2)[C@H](O)C1. The highest BCUT2D eigenvalue weighted by Crippen LogP contribution is 2.19. The number of nitrogens with one attached hydrogen (secondary N) is 1. The zero-order valence-electron chi connectivity index (χ0n) is 14.8. The second kappa shape index (κ2) is 7.84. The van der Waals surface area contributed by atoms with Crippen LogP contribution in [0.1, 0.15) is 29.9 Å². The zero-order chi connectivity index (χ0) is 17.8. The number of nitrogens with zero attached hydrogens (tertiary/aromatic N) is 3. The second-order valence-corrected chi connectivity index (χ2v) is 6.74. The van der Waals surface area contributed by atoms with Crippen molar-refractivity contribution < 1.29 is 14.4 Å². The van der Waals surface area contributed by atoms with Gasteiger partial charge in [-0.1, -0.05) is 5.16 Å². The molecule has 1 fully saturated rings. The van der Waals surface area contributed by atoms with Crippen molar-refractivity contribution in [2.45, 2.75) is 51.9 Å². The van der Waals surface area contributed by atoms with E-state index in [4.69, 9.17) is 4.52 Å². The van der Waals surface area contributed by atoms with E-state index in [2.05, 4.69) is 15.4 Å². The molecule has 7 heteroatoms. The molecule has 0 unspecified atom stereocenters. The minimum Gasteiger partial charge on any atom is -0.390 e. The van der Waals surface area contributed by atoms with Crippen molar-refractivity contribution in [3.8, 4) is 0 Å². The largest absolute Gasteiger partial charge is 0.390 e. The van der Waals surface area contributed by atoms with E-state index >= 15 is 0 Å². The first-order chi connectivity index (χ1) is 12.0. The topological polar surface area (TPSA) is 83.5 Å². The number of β-amino-alcohol motifs (C(OH)–C–C–N with tert-alkyl or cyclic N) is 1. The lowest BCUT2D eigenvalue weighted by Gasteiger charge is -2.36. The van der Waals surface area contributed by atoms with Crippen LogP contribution in [0.25, 0.3) is 0 Å². The summed E-state index contributed by atoms with van der Waals surface area (Å²) < 4.78 is 7.17. The van der Waals surface area contributed by atoms with Crippen molar-refractivity contribution in [1.82, 2.24) is 19.9 Å². The Balaban J connectivity index is 1.46. The van der Waals surface area contributed by atoms with Crippen LogP contribution >= 0.6 is 0 Å². The number of aromatic nitrogens is 2. The fraction of sp³-hybridized carbons (Fsp3) is 0.556. The predicted molar refractivity (Wildman–Crippen MR) is 92.9 cm³/mol. The van der Waals surface area contributed by atoms with E-state index in [1.807, 2.05) is 42.9 Å². The molecule has 2 aromatic heterocycles. The third-order valence-electron chi connectivity index (χ3n) is 4.84. The van der Waals surface area contributed by atoms with Gasteiger partial charge in [-0.05, 0) is 32.4 Å². The highest BCUT2D eigenvalue weighted by molar-refractivity contribution is 5.76. The number of hydrogen-bond acceptors (Lipinski definition) is 5. The first-order valence-electron chi connectivity index (χ1n) is 8.75. The molecule has 136 valence electrons. The van der Waals surface area contributed by atoms with Crippen LogP contribution in [0.2, 0.25) is 0 Å². The molecule has 0 spiro atoms. The van der Waals surface area contributed by atoms with Gasteiger partial charge in [-0.3, -0.25) is 9.69 Å². The van der Waals surface area contributed by atoms with Crippen molar-refractivity contribution in [1.29, 1.82) is 0 Å². The molecule has 25 heavy (non-hydrogen) atoms. The van der Waals surface area contributed by atoms with Gasteiger partial charge in [0.15, 0.2) is 0 Å². The molecule has 2 aromatic rings. The lowest BCUT2D eigenvalue weighted by atomic mass is 10.0. The lowest BCUT2D eigenvalue weighted by Crippen LogP contribution is -2.53. The Morgan fingerprint density at radius 2 is 2.16 bits per heavy atom. The van der Waals surface area contributed by atoms with Gasteiger partial charge in [0.25, 0.3) is 0 Å². The van der Waals surface area contributed by atoms with Gasteiger partial charge in [0.05, 0.1) is 17.8 Å². The summed E-state index contributed by atoms with van der Waals surface area (Å²) in [6, 6.07) is 3.70. The van der Waals surface area contributed by atoms with Gasteiger partial charge in [-0.15, -0.1) is 0 Å². The van der Waals surface area contributed by atoms with Crippen molar-refractivity contribution in [2.75, 3.05) is 13.1 Å². The number of likely N-dealkylation sites (tertiary alicyclic amines) is 1. The second-order valence-electron chi connectivity index (χ2n) is 6.74. The van der Waals surface area contributed by atoms with Crippen molar-refractivity contribution >= 4 is 5.91 Å². The average molecular weight is 346 g/mol. The maximum atomic E-state index is 12.1. The molecule has 0 saturated carbocycles. The molecular formula is C18H26N4O3. The van der Waals surface area contributed by atoms with Crippen LogP contribution in [0, 0.1) is 13.8 Å². The Bertz CT molecular complexity index is 676. The van der Waals surface area contributed by atoms with Crippen LogP contribution in [0.3, 0.4) is 0 Å². The summed E-state index contributed by atoms with van der Waals surface area (Å²) in [6.45, 7) is 6.56.